The Morgan fingerprint density at radius 1 is 1.27 bits per heavy atom. The summed E-state index contributed by atoms with van der Waals surface area (Å²) >= 11 is 0. The topological polar surface area (TPSA) is 124 Å². The molecule has 2 heterocycles. The molecule has 1 aliphatic heterocycles. The van der Waals surface area contributed by atoms with Crippen LogP contribution >= 0.6 is 0 Å². The van der Waals surface area contributed by atoms with E-state index in [0.717, 1.165) is 12.1 Å². The maximum atomic E-state index is 12.1. The van der Waals surface area contributed by atoms with Gasteiger partial charge in [-0.1, -0.05) is 0 Å². The van der Waals surface area contributed by atoms with Crippen molar-refractivity contribution in [3.8, 4) is 11.8 Å². The molecule has 0 saturated carbocycles. The van der Waals surface area contributed by atoms with Gasteiger partial charge in [0.25, 0.3) is 5.91 Å². The Bertz CT molecular complexity index is 902. The lowest BCUT2D eigenvalue weighted by atomic mass is 10.3. The van der Waals surface area contributed by atoms with E-state index in [9.17, 15) is 28.1 Å². The second kappa shape index (κ2) is 8.86. The molecular weight excluding hydrogens is 413 g/mol. The number of alkyl halides is 3. The van der Waals surface area contributed by atoms with Gasteiger partial charge in [0.15, 0.2) is 0 Å². The molecule has 2 aromatic rings. The van der Waals surface area contributed by atoms with Crippen molar-refractivity contribution < 1.29 is 32.4 Å². The number of benzene rings is 1. The van der Waals surface area contributed by atoms with Crippen LogP contribution in [0.3, 0.4) is 0 Å². The molecule has 11 nitrogen and oxygen atoms in total. The molecule has 0 aliphatic carbocycles. The smallest absolute Gasteiger partial charge is 0.444 e. The van der Waals surface area contributed by atoms with Crippen LogP contribution in [0, 0.1) is 10.1 Å². The number of hydrazine groups is 1. The molecule has 3 rings (SSSR count). The lowest BCUT2D eigenvalue weighted by Gasteiger charge is -2.23. The third kappa shape index (κ3) is 5.97. The third-order valence-electron chi connectivity index (χ3n) is 4.01. The van der Waals surface area contributed by atoms with Gasteiger partial charge in [-0.3, -0.25) is 25.1 Å². The highest BCUT2D eigenvalue weighted by Gasteiger charge is 2.31. The average molecular weight is 430 g/mol. The fourth-order valence-electron chi connectivity index (χ4n) is 2.66. The number of nitrogens with one attached hydrogen (secondary N) is 2. The van der Waals surface area contributed by atoms with E-state index in [0.29, 0.717) is 25.3 Å². The predicted molar refractivity (Wildman–Crippen MR) is 95.7 cm³/mol. The average Bonchev–Trinajstić information content (AvgIpc) is 3.05. The number of halogens is 3. The minimum Gasteiger partial charge on any atom is -0.444 e. The second-order valence-corrected chi connectivity index (χ2v) is 6.20. The van der Waals surface area contributed by atoms with Gasteiger partial charge in [0, 0.05) is 24.6 Å². The van der Waals surface area contributed by atoms with Gasteiger partial charge in [-0.25, -0.2) is 0 Å². The van der Waals surface area contributed by atoms with E-state index in [1.165, 1.54) is 22.9 Å². The summed E-state index contributed by atoms with van der Waals surface area (Å²) in [5.74, 6) is -1.07. The molecular formula is C16H17F3N6O5. The zero-order chi connectivity index (χ0) is 21.7. The first-order valence-electron chi connectivity index (χ1n) is 8.67. The van der Waals surface area contributed by atoms with Gasteiger partial charge in [-0.2, -0.15) is 0 Å². The van der Waals surface area contributed by atoms with Crippen LogP contribution in [0.25, 0.3) is 0 Å². The molecule has 0 atom stereocenters. The summed E-state index contributed by atoms with van der Waals surface area (Å²) in [5.41, 5.74) is 5.41. The normalized spacial score (nSPS) is 14.6. The molecule has 1 aromatic carbocycles. The number of anilines is 1. The number of nitrogens with zero attached hydrogens (tertiary/aromatic N) is 4. The Labute approximate surface area is 167 Å². The van der Waals surface area contributed by atoms with E-state index in [2.05, 4.69) is 20.6 Å². The number of carbonyl (C=O) groups excluding carboxylic acids is 1. The summed E-state index contributed by atoms with van der Waals surface area (Å²) in [7, 11) is 0. The predicted octanol–water partition coefficient (Wildman–Crippen LogP) is 1.53. The van der Waals surface area contributed by atoms with Gasteiger partial charge in [0.2, 0.25) is 0 Å². The minimum atomic E-state index is -4.78. The maximum Gasteiger partial charge on any atom is 0.573 e. The van der Waals surface area contributed by atoms with Gasteiger partial charge < -0.3 is 19.6 Å². The van der Waals surface area contributed by atoms with Crippen molar-refractivity contribution in [2.24, 2.45) is 0 Å². The Morgan fingerprint density at radius 3 is 2.67 bits per heavy atom. The summed E-state index contributed by atoms with van der Waals surface area (Å²) in [6.07, 6.45) is -3.51. The van der Waals surface area contributed by atoms with Crippen LogP contribution in [-0.2, 0) is 11.3 Å². The first-order chi connectivity index (χ1) is 14.2. The van der Waals surface area contributed by atoms with E-state index in [1.807, 2.05) is 0 Å². The monoisotopic (exact) mass is 430 g/mol. The largest absolute Gasteiger partial charge is 0.573 e. The third-order valence-corrected chi connectivity index (χ3v) is 4.01. The summed E-state index contributed by atoms with van der Waals surface area (Å²) in [6.45, 7) is 1.38. The van der Waals surface area contributed by atoms with Crippen molar-refractivity contribution in [2.45, 2.75) is 12.9 Å². The number of hydrogen-bond acceptors (Lipinski definition) is 8. The molecule has 0 saturated heterocycles. The number of carbonyl (C=O) groups is 1. The SMILES string of the molecule is O=C(CN1CCOc2nc([N+](=O)[O-])cn2CC1)NNc1ccc(OC(F)(F)F)cc1. The number of amides is 1. The first-order valence-corrected chi connectivity index (χ1v) is 8.67. The van der Waals surface area contributed by atoms with Crippen molar-refractivity contribution in [1.82, 2.24) is 19.9 Å². The summed E-state index contributed by atoms with van der Waals surface area (Å²) in [4.78, 5) is 27.9. The molecule has 0 bridgehead atoms. The molecule has 162 valence electrons. The standard InChI is InChI=1S/C16H17F3N6O5/c17-16(18,19)30-12-3-1-11(2-4-12)21-22-14(26)10-23-5-6-24-9-13(25(27)28)20-15(24)29-8-7-23/h1-4,9,21H,5-8,10H2,(H,22,26). The van der Waals surface area contributed by atoms with Gasteiger partial charge in [-0.15, -0.1) is 13.2 Å². The number of nitro groups is 1. The molecule has 14 heteroatoms. The van der Waals surface area contributed by atoms with Crippen LogP contribution in [0.1, 0.15) is 0 Å². The quantitative estimate of drug-likeness (QED) is 0.522. The molecule has 30 heavy (non-hydrogen) atoms. The molecule has 1 amide bonds. The highest BCUT2D eigenvalue weighted by molar-refractivity contribution is 5.79. The van der Waals surface area contributed by atoms with Crippen LogP contribution in [0.2, 0.25) is 0 Å². The number of aromatic nitrogens is 2. The fraction of sp³-hybridized carbons (Fsp3) is 0.375. The summed E-state index contributed by atoms with van der Waals surface area (Å²) in [6, 6.07) is 5.02. The van der Waals surface area contributed by atoms with Crippen LogP contribution in [0.15, 0.2) is 30.5 Å². The van der Waals surface area contributed by atoms with E-state index < -0.39 is 11.3 Å². The highest BCUT2D eigenvalue weighted by Crippen LogP contribution is 2.23. The van der Waals surface area contributed by atoms with Gasteiger partial charge in [-0.05, 0) is 29.2 Å². The number of ether oxygens (including phenoxy) is 2. The second-order valence-electron chi connectivity index (χ2n) is 6.20. The molecule has 1 aromatic heterocycles. The summed E-state index contributed by atoms with van der Waals surface area (Å²) < 4.78 is 47.1. The lowest BCUT2D eigenvalue weighted by molar-refractivity contribution is -0.389. The van der Waals surface area contributed by atoms with Crippen LogP contribution in [-0.4, -0.2) is 57.9 Å². The zero-order valence-electron chi connectivity index (χ0n) is 15.4. The van der Waals surface area contributed by atoms with E-state index in [-0.39, 0.29) is 36.6 Å². The molecule has 0 spiro atoms. The maximum absolute atomic E-state index is 12.1. The molecule has 0 fully saturated rings. The Kier molecular flexibility index (Phi) is 6.25. The Balaban J connectivity index is 1.47. The van der Waals surface area contributed by atoms with Gasteiger partial charge >= 0.3 is 18.2 Å². The van der Waals surface area contributed by atoms with E-state index in [4.69, 9.17) is 4.74 Å². The van der Waals surface area contributed by atoms with Crippen molar-refractivity contribution >= 4 is 17.4 Å². The lowest BCUT2D eigenvalue weighted by Crippen LogP contribution is -2.43. The Morgan fingerprint density at radius 2 is 2.00 bits per heavy atom. The van der Waals surface area contributed by atoms with E-state index in [1.54, 1.807) is 4.90 Å². The van der Waals surface area contributed by atoms with Gasteiger partial charge in [0.1, 0.15) is 18.6 Å². The highest BCUT2D eigenvalue weighted by atomic mass is 19.4. The van der Waals surface area contributed by atoms with Crippen molar-refractivity contribution in [3.05, 3.63) is 40.6 Å². The molecule has 1 aliphatic rings. The number of rotatable bonds is 6. The van der Waals surface area contributed by atoms with E-state index >= 15 is 0 Å². The summed E-state index contributed by atoms with van der Waals surface area (Å²) in [5, 5.41) is 10.8. The minimum absolute atomic E-state index is 0.0117. The fourth-order valence-corrected chi connectivity index (χ4v) is 2.66. The van der Waals surface area contributed by atoms with Crippen LogP contribution in [0.4, 0.5) is 24.7 Å². The number of fused-ring (bicyclic) bond motifs is 1. The number of hydrogen-bond donors (Lipinski definition) is 2. The zero-order valence-corrected chi connectivity index (χ0v) is 15.4. The van der Waals surface area contributed by atoms with Crippen LogP contribution < -0.4 is 20.3 Å². The number of imidazole rings is 1. The van der Waals surface area contributed by atoms with Crippen LogP contribution in [0.5, 0.6) is 11.8 Å². The molecule has 0 radical (unpaired) electrons. The molecule has 0 unspecified atom stereocenters. The van der Waals surface area contributed by atoms with Crippen molar-refractivity contribution in [3.63, 3.8) is 0 Å². The van der Waals surface area contributed by atoms with Crippen molar-refractivity contribution in [1.29, 1.82) is 0 Å². The Hall–Kier alpha value is -3.55. The molecule has 2 N–H and O–H groups in total. The first kappa shape index (κ1) is 21.2. The van der Waals surface area contributed by atoms with Crippen molar-refractivity contribution in [2.75, 3.05) is 31.7 Å². The van der Waals surface area contributed by atoms with Gasteiger partial charge in [0.05, 0.1) is 12.2 Å².